The number of rotatable bonds is 5. The molecular weight excluding hydrogens is 274 g/mol. The van der Waals surface area contributed by atoms with E-state index in [1.807, 2.05) is 0 Å². The van der Waals surface area contributed by atoms with Crippen LogP contribution >= 0.6 is 0 Å². The van der Waals surface area contributed by atoms with Crippen LogP contribution < -0.4 is 9.64 Å². The van der Waals surface area contributed by atoms with Crippen molar-refractivity contribution in [3.05, 3.63) is 24.3 Å². The van der Waals surface area contributed by atoms with Gasteiger partial charge in [0.1, 0.15) is 12.3 Å². The van der Waals surface area contributed by atoms with Crippen LogP contribution in [0.2, 0.25) is 0 Å². The Hall–Kier alpha value is -2.37. The highest BCUT2D eigenvalue weighted by Crippen LogP contribution is 2.20. The third-order valence-electron chi connectivity index (χ3n) is 2.44. The molecule has 0 aliphatic carbocycles. The van der Waals surface area contributed by atoms with Crippen LogP contribution in [0.5, 0.6) is 5.75 Å². The first-order chi connectivity index (χ1) is 9.79. The summed E-state index contributed by atoms with van der Waals surface area (Å²) in [6.45, 7) is 5.98. The van der Waals surface area contributed by atoms with Gasteiger partial charge in [-0.2, -0.15) is 0 Å². The number of amides is 1. The third kappa shape index (κ3) is 5.64. The average molecular weight is 293 g/mol. The number of anilines is 1. The number of hydrogen-bond acceptors (Lipinski definition) is 5. The van der Waals surface area contributed by atoms with Crippen molar-refractivity contribution in [2.45, 2.75) is 33.8 Å². The fourth-order valence-electron chi connectivity index (χ4n) is 1.67. The molecule has 6 heteroatoms. The zero-order valence-electron chi connectivity index (χ0n) is 12.6. The second-order valence-corrected chi connectivity index (χ2v) is 4.73. The second-order valence-electron chi connectivity index (χ2n) is 4.73. The van der Waals surface area contributed by atoms with E-state index in [0.29, 0.717) is 11.4 Å². The molecule has 0 aliphatic heterocycles. The Morgan fingerprint density at radius 2 is 1.67 bits per heavy atom. The van der Waals surface area contributed by atoms with E-state index < -0.39 is 11.9 Å². The summed E-state index contributed by atoms with van der Waals surface area (Å²) in [6.07, 6.45) is -0.238. The maximum Gasteiger partial charge on any atom is 0.326 e. The lowest BCUT2D eigenvalue weighted by Crippen LogP contribution is -2.35. The van der Waals surface area contributed by atoms with E-state index in [1.54, 1.807) is 38.1 Å². The van der Waals surface area contributed by atoms with Crippen molar-refractivity contribution in [1.29, 1.82) is 0 Å². The van der Waals surface area contributed by atoms with Gasteiger partial charge in [-0.3, -0.25) is 14.4 Å². The van der Waals surface area contributed by atoms with E-state index in [1.165, 1.54) is 18.7 Å². The SMILES string of the molecule is CC(=O)Oc1ccc(N(CC(=O)OC(C)C)C(C)=O)cc1. The van der Waals surface area contributed by atoms with Crippen LogP contribution in [0.4, 0.5) is 5.69 Å². The highest BCUT2D eigenvalue weighted by Gasteiger charge is 2.17. The summed E-state index contributed by atoms with van der Waals surface area (Å²) in [4.78, 5) is 35.5. The number of hydrogen-bond donors (Lipinski definition) is 0. The molecule has 1 aromatic carbocycles. The summed E-state index contributed by atoms with van der Waals surface area (Å²) in [5.74, 6) is -0.814. The first-order valence-corrected chi connectivity index (χ1v) is 6.55. The van der Waals surface area contributed by atoms with Crippen molar-refractivity contribution in [2.75, 3.05) is 11.4 Å². The molecule has 0 fully saturated rings. The zero-order valence-corrected chi connectivity index (χ0v) is 12.6. The van der Waals surface area contributed by atoms with Gasteiger partial charge in [-0.1, -0.05) is 0 Å². The van der Waals surface area contributed by atoms with Crippen molar-refractivity contribution >= 4 is 23.5 Å². The van der Waals surface area contributed by atoms with Gasteiger partial charge < -0.3 is 14.4 Å². The lowest BCUT2D eigenvalue weighted by molar-refractivity contribution is -0.146. The van der Waals surface area contributed by atoms with E-state index in [-0.39, 0.29) is 18.6 Å². The number of carbonyl (C=O) groups excluding carboxylic acids is 3. The van der Waals surface area contributed by atoms with E-state index in [0.717, 1.165) is 0 Å². The molecule has 6 nitrogen and oxygen atoms in total. The molecule has 0 radical (unpaired) electrons. The van der Waals surface area contributed by atoms with Crippen molar-refractivity contribution in [1.82, 2.24) is 0 Å². The standard InChI is InChI=1S/C15H19NO5/c1-10(2)20-15(19)9-16(11(3)17)13-5-7-14(8-6-13)21-12(4)18/h5-8,10H,9H2,1-4H3. The fourth-order valence-corrected chi connectivity index (χ4v) is 1.67. The Morgan fingerprint density at radius 3 is 2.10 bits per heavy atom. The highest BCUT2D eigenvalue weighted by molar-refractivity contribution is 5.96. The predicted octanol–water partition coefficient (Wildman–Crippen LogP) is 1.92. The highest BCUT2D eigenvalue weighted by atomic mass is 16.5. The summed E-state index contributed by atoms with van der Waals surface area (Å²) in [6, 6.07) is 6.31. The van der Waals surface area contributed by atoms with Gasteiger partial charge in [-0.05, 0) is 38.1 Å². The largest absolute Gasteiger partial charge is 0.462 e. The van der Waals surface area contributed by atoms with Gasteiger partial charge in [0.2, 0.25) is 5.91 Å². The molecule has 1 aromatic rings. The normalized spacial score (nSPS) is 10.1. The van der Waals surface area contributed by atoms with Gasteiger partial charge in [0.25, 0.3) is 0 Å². The van der Waals surface area contributed by atoms with Gasteiger partial charge in [-0.15, -0.1) is 0 Å². The van der Waals surface area contributed by atoms with Crippen molar-refractivity contribution in [3.63, 3.8) is 0 Å². The zero-order chi connectivity index (χ0) is 16.0. The van der Waals surface area contributed by atoms with Crippen molar-refractivity contribution < 1.29 is 23.9 Å². The summed E-state index contributed by atoms with van der Waals surface area (Å²) < 4.78 is 9.94. The van der Waals surface area contributed by atoms with Crippen molar-refractivity contribution in [2.24, 2.45) is 0 Å². The molecule has 0 heterocycles. The van der Waals surface area contributed by atoms with E-state index in [4.69, 9.17) is 9.47 Å². The predicted molar refractivity (Wildman–Crippen MR) is 77.0 cm³/mol. The molecule has 1 rings (SSSR count). The Morgan fingerprint density at radius 1 is 1.10 bits per heavy atom. The van der Waals surface area contributed by atoms with Crippen molar-refractivity contribution in [3.8, 4) is 5.75 Å². The maximum atomic E-state index is 11.7. The first kappa shape index (κ1) is 16.7. The van der Waals surface area contributed by atoms with Crippen LogP contribution in [-0.4, -0.2) is 30.5 Å². The van der Waals surface area contributed by atoms with Gasteiger partial charge >= 0.3 is 11.9 Å². The second kappa shape index (κ2) is 7.42. The molecule has 0 spiro atoms. The number of nitrogens with zero attached hydrogens (tertiary/aromatic N) is 1. The summed E-state index contributed by atoms with van der Waals surface area (Å²) in [5, 5.41) is 0. The minimum atomic E-state index is -0.482. The molecule has 0 aromatic heterocycles. The average Bonchev–Trinajstić information content (AvgIpc) is 2.35. The van der Waals surface area contributed by atoms with E-state index >= 15 is 0 Å². The third-order valence-corrected chi connectivity index (χ3v) is 2.44. The van der Waals surface area contributed by atoms with Gasteiger partial charge in [0.05, 0.1) is 6.10 Å². The molecular formula is C15H19NO5. The van der Waals surface area contributed by atoms with Crippen LogP contribution in [0.3, 0.4) is 0 Å². The van der Waals surface area contributed by atoms with Crippen LogP contribution in [0, 0.1) is 0 Å². The van der Waals surface area contributed by atoms with Crippen LogP contribution in [0.1, 0.15) is 27.7 Å². The monoisotopic (exact) mass is 293 g/mol. The lowest BCUT2D eigenvalue weighted by Gasteiger charge is -2.21. The Balaban J connectivity index is 2.83. The molecule has 0 atom stereocenters. The fraction of sp³-hybridized carbons (Fsp3) is 0.400. The molecule has 0 unspecified atom stereocenters. The van der Waals surface area contributed by atoms with E-state index in [2.05, 4.69) is 0 Å². The Bertz CT molecular complexity index is 521. The molecule has 21 heavy (non-hydrogen) atoms. The summed E-state index contributed by atoms with van der Waals surface area (Å²) in [5.41, 5.74) is 0.527. The van der Waals surface area contributed by atoms with Crippen LogP contribution in [-0.2, 0) is 19.1 Å². The lowest BCUT2D eigenvalue weighted by atomic mass is 10.2. The maximum absolute atomic E-state index is 11.7. The molecule has 1 amide bonds. The summed E-state index contributed by atoms with van der Waals surface area (Å²) in [7, 11) is 0. The summed E-state index contributed by atoms with van der Waals surface area (Å²) >= 11 is 0. The number of ether oxygens (including phenoxy) is 2. The number of carbonyl (C=O) groups is 3. The van der Waals surface area contributed by atoms with Gasteiger partial charge in [0, 0.05) is 19.5 Å². The minimum absolute atomic E-state index is 0.166. The Kier molecular flexibility index (Phi) is 5.90. The molecule has 0 saturated heterocycles. The molecule has 0 bridgehead atoms. The Labute approximate surface area is 123 Å². The molecule has 0 aliphatic rings. The number of esters is 2. The van der Waals surface area contributed by atoms with Gasteiger partial charge in [0.15, 0.2) is 0 Å². The first-order valence-electron chi connectivity index (χ1n) is 6.55. The van der Waals surface area contributed by atoms with Crippen LogP contribution in [0.25, 0.3) is 0 Å². The minimum Gasteiger partial charge on any atom is -0.462 e. The number of benzene rings is 1. The van der Waals surface area contributed by atoms with Crippen LogP contribution in [0.15, 0.2) is 24.3 Å². The molecule has 114 valence electrons. The van der Waals surface area contributed by atoms with E-state index in [9.17, 15) is 14.4 Å². The smallest absolute Gasteiger partial charge is 0.326 e. The molecule has 0 saturated carbocycles. The topological polar surface area (TPSA) is 72.9 Å². The van der Waals surface area contributed by atoms with Gasteiger partial charge in [-0.25, -0.2) is 0 Å². The quantitative estimate of drug-likeness (QED) is 0.612. The molecule has 0 N–H and O–H groups in total.